The van der Waals surface area contributed by atoms with E-state index in [1.165, 1.54) is 6.07 Å². The normalized spacial score (nSPS) is 27.6. The summed E-state index contributed by atoms with van der Waals surface area (Å²) in [6.45, 7) is 6.86. The zero-order valence-corrected chi connectivity index (χ0v) is 13.4. The van der Waals surface area contributed by atoms with Gasteiger partial charge in [0.05, 0.1) is 0 Å². The van der Waals surface area contributed by atoms with Gasteiger partial charge in [-0.3, -0.25) is 0 Å². The summed E-state index contributed by atoms with van der Waals surface area (Å²) < 4.78 is 13.9. The summed E-state index contributed by atoms with van der Waals surface area (Å²) in [7, 11) is 0. The molecule has 0 heterocycles. The average molecular weight is 298 g/mol. The fourth-order valence-corrected chi connectivity index (χ4v) is 3.52. The Morgan fingerprint density at radius 1 is 1.30 bits per heavy atom. The zero-order valence-electron chi connectivity index (χ0n) is 12.7. The minimum atomic E-state index is -0.312. The molecule has 1 aromatic rings. The van der Waals surface area contributed by atoms with Gasteiger partial charge in [-0.15, -0.1) is 0 Å². The Bertz CT molecular complexity index is 450. The van der Waals surface area contributed by atoms with Gasteiger partial charge in [-0.05, 0) is 55.6 Å². The number of nitrogens with two attached hydrogens (primary N) is 1. The molecule has 0 amide bonds. The van der Waals surface area contributed by atoms with Crippen LogP contribution in [0.3, 0.4) is 0 Å². The van der Waals surface area contributed by atoms with Crippen LogP contribution in [0.2, 0.25) is 5.02 Å². The van der Waals surface area contributed by atoms with Gasteiger partial charge < -0.3 is 5.73 Å². The summed E-state index contributed by atoms with van der Waals surface area (Å²) in [6.07, 6.45) is 4.66. The number of rotatable bonds is 2. The fourth-order valence-electron chi connectivity index (χ4n) is 3.29. The first-order valence-corrected chi connectivity index (χ1v) is 7.81. The van der Waals surface area contributed by atoms with E-state index in [2.05, 4.69) is 20.8 Å². The molecule has 1 fully saturated rings. The molecular weight excluding hydrogens is 273 g/mol. The van der Waals surface area contributed by atoms with Crippen LogP contribution < -0.4 is 5.73 Å². The van der Waals surface area contributed by atoms with Crippen molar-refractivity contribution in [2.45, 2.75) is 58.4 Å². The minimum Gasteiger partial charge on any atom is -0.325 e. The second-order valence-electron chi connectivity index (χ2n) is 7.38. The highest BCUT2D eigenvalue weighted by Gasteiger charge is 2.36. The van der Waals surface area contributed by atoms with Crippen molar-refractivity contribution in [3.05, 3.63) is 34.6 Å². The molecule has 1 aromatic carbocycles. The summed E-state index contributed by atoms with van der Waals surface area (Å²) in [6, 6.07) is 4.84. The van der Waals surface area contributed by atoms with Gasteiger partial charge in [0.15, 0.2) is 0 Å². The first-order chi connectivity index (χ1) is 9.21. The zero-order chi connectivity index (χ0) is 15.0. The summed E-state index contributed by atoms with van der Waals surface area (Å²) in [4.78, 5) is 0. The lowest BCUT2D eigenvalue weighted by Gasteiger charge is -2.42. The number of hydrogen-bond acceptors (Lipinski definition) is 1. The molecule has 0 saturated heterocycles. The highest BCUT2D eigenvalue weighted by atomic mass is 35.5. The standard InChI is InChI=1S/C17H25ClFN/c1-16(2,3)12-7-9-17(20,10-8-12)11-13-14(18)5-4-6-15(13)19/h4-6,12H,7-11,20H2,1-3H3. The van der Waals surface area contributed by atoms with E-state index >= 15 is 0 Å². The molecule has 0 spiro atoms. The Morgan fingerprint density at radius 3 is 2.40 bits per heavy atom. The average Bonchev–Trinajstić information content (AvgIpc) is 2.33. The van der Waals surface area contributed by atoms with Crippen molar-refractivity contribution in [2.24, 2.45) is 17.1 Å². The van der Waals surface area contributed by atoms with Crippen molar-refractivity contribution in [2.75, 3.05) is 0 Å². The van der Waals surface area contributed by atoms with Crippen LogP contribution in [0.25, 0.3) is 0 Å². The van der Waals surface area contributed by atoms with E-state index in [9.17, 15) is 4.39 Å². The highest BCUT2D eigenvalue weighted by molar-refractivity contribution is 6.31. The quantitative estimate of drug-likeness (QED) is 0.820. The van der Waals surface area contributed by atoms with Crippen molar-refractivity contribution in [1.82, 2.24) is 0 Å². The highest BCUT2D eigenvalue weighted by Crippen LogP contribution is 2.42. The molecule has 3 heteroatoms. The Kier molecular flexibility index (Phi) is 4.46. The molecule has 112 valence electrons. The van der Waals surface area contributed by atoms with Crippen molar-refractivity contribution in [1.29, 1.82) is 0 Å². The van der Waals surface area contributed by atoms with Crippen LogP contribution in [0.5, 0.6) is 0 Å². The molecule has 0 radical (unpaired) electrons. The van der Waals surface area contributed by atoms with E-state index < -0.39 is 0 Å². The second-order valence-corrected chi connectivity index (χ2v) is 7.79. The largest absolute Gasteiger partial charge is 0.325 e. The summed E-state index contributed by atoms with van der Waals surface area (Å²) in [5, 5.41) is 0.493. The first-order valence-electron chi connectivity index (χ1n) is 7.43. The van der Waals surface area contributed by atoms with Crippen LogP contribution in [-0.4, -0.2) is 5.54 Å². The molecule has 0 unspecified atom stereocenters. The number of benzene rings is 1. The van der Waals surface area contributed by atoms with Gasteiger partial charge in [-0.25, -0.2) is 4.39 Å². The van der Waals surface area contributed by atoms with E-state index in [1.807, 2.05) is 0 Å². The van der Waals surface area contributed by atoms with Gasteiger partial charge in [0.25, 0.3) is 0 Å². The van der Waals surface area contributed by atoms with Crippen LogP contribution >= 0.6 is 11.6 Å². The maximum atomic E-state index is 13.9. The predicted octanol–water partition coefficient (Wildman–Crippen LogP) is 4.96. The summed E-state index contributed by atoms with van der Waals surface area (Å²) >= 11 is 6.12. The van der Waals surface area contributed by atoms with E-state index in [-0.39, 0.29) is 11.4 Å². The minimum absolute atomic E-state index is 0.236. The number of halogens is 2. The maximum Gasteiger partial charge on any atom is 0.127 e. The third kappa shape index (κ3) is 3.53. The molecule has 0 aliphatic heterocycles. The Morgan fingerprint density at radius 2 is 1.90 bits per heavy atom. The molecule has 1 nitrogen and oxygen atoms in total. The SMILES string of the molecule is CC(C)(C)C1CCC(N)(Cc2c(F)cccc2Cl)CC1. The van der Waals surface area contributed by atoms with Crippen LogP contribution in [0.4, 0.5) is 4.39 Å². The smallest absolute Gasteiger partial charge is 0.127 e. The molecule has 2 rings (SSSR count). The molecule has 0 bridgehead atoms. The van der Waals surface area contributed by atoms with Gasteiger partial charge in [0.2, 0.25) is 0 Å². The van der Waals surface area contributed by atoms with Gasteiger partial charge in [0, 0.05) is 16.1 Å². The van der Waals surface area contributed by atoms with Gasteiger partial charge in [-0.1, -0.05) is 38.4 Å². The third-order valence-electron chi connectivity index (χ3n) is 4.80. The summed E-state index contributed by atoms with van der Waals surface area (Å²) in [5.41, 5.74) is 7.10. The van der Waals surface area contributed by atoms with E-state index in [1.54, 1.807) is 12.1 Å². The number of hydrogen-bond donors (Lipinski definition) is 1. The van der Waals surface area contributed by atoms with Crippen LogP contribution in [0, 0.1) is 17.2 Å². The Balaban J connectivity index is 2.08. The van der Waals surface area contributed by atoms with Crippen molar-refractivity contribution >= 4 is 11.6 Å². The molecule has 0 atom stereocenters. The van der Waals surface area contributed by atoms with E-state index in [0.29, 0.717) is 28.3 Å². The van der Waals surface area contributed by atoms with Gasteiger partial charge >= 0.3 is 0 Å². The maximum absolute atomic E-state index is 13.9. The molecule has 1 saturated carbocycles. The molecule has 20 heavy (non-hydrogen) atoms. The van der Waals surface area contributed by atoms with Crippen molar-refractivity contribution in [3.8, 4) is 0 Å². The molecule has 1 aliphatic rings. The Hall–Kier alpha value is -0.600. The Labute approximate surface area is 126 Å². The van der Waals surface area contributed by atoms with Crippen molar-refractivity contribution < 1.29 is 4.39 Å². The lowest BCUT2D eigenvalue weighted by atomic mass is 9.66. The van der Waals surface area contributed by atoms with Gasteiger partial charge in [0.1, 0.15) is 5.82 Å². The third-order valence-corrected chi connectivity index (χ3v) is 5.15. The van der Waals surface area contributed by atoms with Crippen molar-refractivity contribution in [3.63, 3.8) is 0 Å². The summed E-state index contributed by atoms with van der Waals surface area (Å²) in [5.74, 6) is 0.468. The molecular formula is C17H25ClFN. The van der Waals surface area contributed by atoms with E-state index in [0.717, 1.165) is 25.7 Å². The molecule has 2 N–H and O–H groups in total. The monoisotopic (exact) mass is 297 g/mol. The van der Waals surface area contributed by atoms with Gasteiger partial charge in [-0.2, -0.15) is 0 Å². The lowest BCUT2D eigenvalue weighted by molar-refractivity contribution is 0.133. The van der Waals surface area contributed by atoms with Crippen LogP contribution in [0.1, 0.15) is 52.0 Å². The second kappa shape index (κ2) is 5.65. The fraction of sp³-hybridized carbons (Fsp3) is 0.647. The van der Waals surface area contributed by atoms with Crippen LogP contribution in [0.15, 0.2) is 18.2 Å². The first kappa shape index (κ1) is 15.8. The van der Waals surface area contributed by atoms with Crippen LogP contribution in [-0.2, 0) is 6.42 Å². The topological polar surface area (TPSA) is 26.0 Å². The van der Waals surface area contributed by atoms with E-state index in [4.69, 9.17) is 17.3 Å². The molecule has 0 aromatic heterocycles. The predicted molar refractivity (Wildman–Crippen MR) is 83.4 cm³/mol. The lowest BCUT2D eigenvalue weighted by Crippen LogP contribution is -2.47. The molecule has 1 aliphatic carbocycles.